The summed E-state index contributed by atoms with van der Waals surface area (Å²) >= 11 is 0. The molecule has 4 nitrogen and oxygen atoms in total. The Bertz CT molecular complexity index is 200. The molecule has 0 amide bonds. The minimum absolute atomic E-state index is 0.154. The molecule has 1 heterocycles. The number of carbonyl (C=O) groups excluding carboxylic acids is 2. The molecule has 13 heavy (non-hydrogen) atoms. The third kappa shape index (κ3) is 3.92. The zero-order chi connectivity index (χ0) is 9.68. The Hall–Kier alpha value is -1.06. The molecule has 0 radical (unpaired) electrons. The van der Waals surface area contributed by atoms with Crippen molar-refractivity contribution in [1.29, 1.82) is 0 Å². The Morgan fingerprint density at radius 1 is 1.23 bits per heavy atom. The van der Waals surface area contributed by atoms with Crippen LogP contribution in [0.3, 0.4) is 0 Å². The topological polar surface area (TPSA) is 52.6 Å². The molecule has 74 valence electrons. The average molecular weight is 186 g/mol. The maximum Gasteiger partial charge on any atom is 0.306 e. The highest BCUT2D eigenvalue weighted by Gasteiger charge is 2.14. The number of carbonyl (C=O) groups is 2. The number of esters is 2. The van der Waals surface area contributed by atoms with Gasteiger partial charge in [0.1, 0.15) is 6.10 Å². The van der Waals surface area contributed by atoms with Crippen molar-refractivity contribution in [3.63, 3.8) is 0 Å². The Kier molecular flexibility index (Phi) is 3.73. The van der Waals surface area contributed by atoms with E-state index in [-0.39, 0.29) is 18.0 Å². The van der Waals surface area contributed by atoms with Crippen molar-refractivity contribution in [2.45, 2.75) is 38.7 Å². The SMILES string of the molecule is CC1CCOC(=O)CCCC(=O)O1. The van der Waals surface area contributed by atoms with Crippen molar-refractivity contribution in [2.24, 2.45) is 0 Å². The van der Waals surface area contributed by atoms with Crippen molar-refractivity contribution in [2.75, 3.05) is 6.61 Å². The summed E-state index contributed by atoms with van der Waals surface area (Å²) < 4.78 is 9.93. The zero-order valence-corrected chi connectivity index (χ0v) is 7.75. The summed E-state index contributed by atoms with van der Waals surface area (Å²) in [6.07, 6.45) is 1.56. The third-order valence-electron chi connectivity index (χ3n) is 1.88. The van der Waals surface area contributed by atoms with Gasteiger partial charge in [0, 0.05) is 19.3 Å². The first kappa shape index (κ1) is 10.0. The van der Waals surface area contributed by atoms with Crippen LogP contribution in [-0.4, -0.2) is 24.6 Å². The summed E-state index contributed by atoms with van der Waals surface area (Å²) in [4.78, 5) is 22.0. The lowest BCUT2D eigenvalue weighted by molar-refractivity contribution is -0.153. The van der Waals surface area contributed by atoms with E-state index in [1.54, 1.807) is 6.92 Å². The van der Waals surface area contributed by atoms with Crippen LogP contribution in [-0.2, 0) is 19.1 Å². The van der Waals surface area contributed by atoms with Crippen LogP contribution < -0.4 is 0 Å². The Morgan fingerprint density at radius 2 is 1.92 bits per heavy atom. The average Bonchev–Trinajstić information content (AvgIpc) is 2.03. The molecular formula is C9H14O4. The van der Waals surface area contributed by atoms with Gasteiger partial charge >= 0.3 is 11.9 Å². The second kappa shape index (κ2) is 4.84. The van der Waals surface area contributed by atoms with Crippen LogP contribution in [0.15, 0.2) is 0 Å². The van der Waals surface area contributed by atoms with E-state index in [2.05, 4.69) is 0 Å². The van der Waals surface area contributed by atoms with Crippen LogP contribution in [0.4, 0.5) is 0 Å². The molecule has 1 aliphatic rings. The molecule has 1 rings (SSSR count). The van der Waals surface area contributed by atoms with Crippen LogP contribution in [0.2, 0.25) is 0 Å². The standard InChI is InChI=1S/C9H14O4/c1-7-5-6-12-8(10)3-2-4-9(11)13-7/h7H,2-6H2,1H3. The lowest BCUT2D eigenvalue weighted by Gasteiger charge is -2.15. The molecule has 0 aromatic heterocycles. The highest BCUT2D eigenvalue weighted by molar-refractivity contribution is 5.72. The molecule has 1 unspecified atom stereocenters. The van der Waals surface area contributed by atoms with Gasteiger partial charge in [-0.1, -0.05) is 0 Å². The van der Waals surface area contributed by atoms with Gasteiger partial charge in [0.25, 0.3) is 0 Å². The minimum Gasteiger partial charge on any atom is -0.466 e. The number of cyclic esters (lactones) is 2. The fourth-order valence-electron chi connectivity index (χ4n) is 1.13. The van der Waals surface area contributed by atoms with Crippen molar-refractivity contribution in [3.8, 4) is 0 Å². The first-order valence-electron chi connectivity index (χ1n) is 4.53. The number of hydrogen-bond donors (Lipinski definition) is 0. The lowest BCUT2D eigenvalue weighted by Crippen LogP contribution is -2.20. The highest BCUT2D eigenvalue weighted by atomic mass is 16.6. The van der Waals surface area contributed by atoms with Crippen molar-refractivity contribution < 1.29 is 19.1 Å². The Balaban J connectivity index is 2.41. The van der Waals surface area contributed by atoms with Crippen LogP contribution in [0.25, 0.3) is 0 Å². The fraction of sp³-hybridized carbons (Fsp3) is 0.778. The van der Waals surface area contributed by atoms with E-state index in [0.717, 1.165) is 0 Å². The molecular weight excluding hydrogens is 172 g/mol. The second-order valence-corrected chi connectivity index (χ2v) is 3.16. The highest BCUT2D eigenvalue weighted by Crippen LogP contribution is 2.07. The largest absolute Gasteiger partial charge is 0.466 e. The van der Waals surface area contributed by atoms with Crippen molar-refractivity contribution in [3.05, 3.63) is 0 Å². The van der Waals surface area contributed by atoms with E-state index in [4.69, 9.17) is 9.47 Å². The minimum atomic E-state index is -0.220. The Morgan fingerprint density at radius 3 is 2.69 bits per heavy atom. The summed E-state index contributed by atoms with van der Waals surface area (Å²) in [6.45, 7) is 2.14. The molecule has 0 saturated carbocycles. The molecule has 0 spiro atoms. The zero-order valence-electron chi connectivity index (χ0n) is 7.75. The van der Waals surface area contributed by atoms with Gasteiger partial charge in [-0.2, -0.15) is 0 Å². The van der Waals surface area contributed by atoms with Gasteiger partial charge in [0.15, 0.2) is 0 Å². The molecule has 0 aromatic rings. The number of ether oxygens (including phenoxy) is 2. The predicted octanol–water partition coefficient (Wildman–Crippen LogP) is 1.04. The van der Waals surface area contributed by atoms with Crippen LogP contribution in [0.1, 0.15) is 32.6 Å². The van der Waals surface area contributed by atoms with Gasteiger partial charge in [-0.15, -0.1) is 0 Å². The smallest absolute Gasteiger partial charge is 0.306 e. The van der Waals surface area contributed by atoms with Crippen molar-refractivity contribution >= 4 is 11.9 Å². The maximum atomic E-state index is 11.0. The summed E-state index contributed by atoms with van der Waals surface area (Å²) in [6, 6.07) is 0. The molecule has 0 bridgehead atoms. The summed E-state index contributed by atoms with van der Waals surface area (Å²) in [7, 11) is 0. The molecule has 4 heteroatoms. The van der Waals surface area contributed by atoms with E-state index < -0.39 is 0 Å². The monoisotopic (exact) mass is 186 g/mol. The normalized spacial score (nSPS) is 26.1. The molecule has 1 saturated heterocycles. The van der Waals surface area contributed by atoms with Gasteiger partial charge in [-0.25, -0.2) is 0 Å². The van der Waals surface area contributed by atoms with E-state index in [1.165, 1.54) is 0 Å². The predicted molar refractivity (Wildman–Crippen MR) is 45.0 cm³/mol. The third-order valence-corrected chi connectivity index (χ3v) is 1.88. The van der Waals surface area contributed by atoms with Gasteiger partial charge in [0.2, 0.25) is 0 Å². The van der Waals surface area contributed by atoms with E-state index >= 15 is 0 Å². The molecule has 1 fully saturated rings. The van der Waals surface area contributed by atoms with E-state index in [0.29, 0.717) is 32.3 Å². The summed E-state index contributed by atoms with van der Waals surface area (Å²) in [5.41, 5.74) is 0. The molecule has 0 aromatic carbocycles. The molecule has 1 atom stereocenters. The van der Waals surface area contributed by atoms with Gasteiger partial charge in [-0.3, -0.25) is 9.59 Å². The second-order valence-electron chi connectivity index (χ2n) is 3.16. The van der Waals surface area contributed by atoms with Crippen molar-refractivity contribution in [1.82, 2.24) is 0 Å². The first-order valence-corrected chi connectivity index (χ1v) is 4.53. The van der Waals surface area contributed by atoms with Gasteiger partial charge < -0.3 is 9.47 Å². The van der Waals surface area contributed by atoms with Gasteiger partial charge in [0.05, 0.1) is 6.61 Å². The number of rotatable bonds is 0. The van der Waals surface area contributed by atoms with E-state index in [9.17, 15) is 9.59 Å². The molecule has 0 N–H and O–H groups in total. The molecule has 1 aliphatic heterocycles. The van der Waals surface area contributed by atoms with Crippen LogP contribution >= 0.6 is 0 Å². The van der Waals surface area contributed by atoms with Crippen LogP contribution in [0, 0.1) is 0 Å². The number of hydrogen-bond acceptors (Lipinski definition) is 4. The summed E-state index contributed by atoms with van der Waals surface area (Å²) in [5.74, 6) is -0.441. The molecule has 0 aliphatic carbocycles. The van der Waals surface area contributed by atoms with Crippen LogP contribution in [0.5, 0.6) is 0 Å². The Labute approximate surface area is 77.2 Å². The van der Waals surface area contributed by atoms with Gasteiger partial charge in [-0.05, 0) is 13.3 Å². The van der Waals surface area contributed by atoms with E-state index in [1.807, 2.05) is 0 Å². The quantitative estimate of drug-likeness (QED) is 0.530. The summed E-state index contributed by atoms with van der Waals surface area (Å²) in [5, 5.41) is 0. The fourth-order valence-corrected chi connectivity index (χ4v) is 1.13. The maximum absolute atomic E-state index is 11.0. The lowest BCUT2D eigenvalue weighted by atomic mass is 10.2. The first-order chi connectivity index (χ1) is 6.18.